The minimum Gasteiger partial charge on any atom is -0.508 e. The van der Waals surface area contributed by atoms with E-state index in [1.807, 2.05) is 0 Å². The van der Waals surface area contributed by atoms with Gasteiger partial charge >= 0.3 is 11.9 Å². The third-order valence-electron chi connectivity index (χ3n) is 4.84. The van der Waals surface area contributed by atoms with Gasteiger partial charge in [0.2, 0.25) is 17.7 Å². The van der Waals surface area contributed by atoms with Crippen LogP contribution in [0.3, 0.4) is 0 Å². The van der Waals surface area contributed by atoms with Crippen molar-refractivity contribution in [1.82, 2.24) is 16.0 Å². The molecule has 1 aromatic carbocycles. The van der Waals surface area contributed by atoms with Gasteiger partial charge in [-0.05, 0) is 23.6 Å². The molecule has 0 aliphatic carbocycles. The quantitative estimate of drug-likeness (QED) is 0.154. The molecule has 0 heterocycles. The number of aliphatic carboxylic acids is 2. The summed E-state index contributed by atoms with van der Waals surface area (Å²) in [6, 6.07) is 0.630. The first-order chi connectivity index (χ1) is 15.8. The summed E-state index contributed by atoms with van der Waals surface area (Å²) < 4.78 is 0. The summed E-state index contributed by atoms with van der Waals surface area (Å²) >= 11 is 4.07. The van der Waals surface area contributed by atoms with Gasteiger partial charge in [0, 0.05) is 12.2 Å². The van der Waals surface area contributed by atoms with E-state index in [1.165, 1.54) is 24.3 Å². The lowest BCUT2D eigenvalue weighted by Crippen LogP contribution is -2.58. The molecular formula is C21H30N4O8S. The Morgan fingerprint density at radius 3 is 1.85 bits per heavy atom. The zero-order valence-corrected chi connectivity index (χ0v) is 19.6. The predicted molar refractivity (Wildman–Crippen MR) is 124 cm³/mol. The largest absolute Gasteiger partial charge is 0.508 e. The van der Waals surface area contributed by atoms with E-state index in [1.54, 1.807) is 13.8 Å². The highest BCUT2D eigenvalue weighted by Gasteiger charge is 2.31. The molecule has 12 nitrogen and oxygen atoms in total. The number of rotatable bonds is 13. The monoisotopic (exact) mass is 498 g/mol. The van der Waals surface area contributed by atoms with E-state index < -0.39 is 60.2 Å². The van der Waals surface area contributed by atoms with E-state index in [0.29, 0.717) is 5.56 Å². The van der Waals surface area contributed by atoms with Crippen LogP contribution >= 0.6 is 12.6 Å². The van der Waals surface area contributed by atoms with Gasteiger partial charge in [0.15, 0.2) is 0 Å². The van der Waals surface area contributed by atoms with E-state index in [0.717, 1.165) is 0 Å². The number of phenols is 1. The molecule has 0 fully saturated rings. The molecule has 0 aromatic heterocycles. The van der Waals surface area contributed by atoms with Crippen molar-refractivity contribution in [2.75, 3.05) is 5.75 Å². The van der Waals surface area contributed by atoms with Crippen LogP contribution in [-0.2, 0) is 30.4 Å². The molecule has 0 saturated heterocycles. The number of nitrogens with two attached hydrogens (primary N) is 1. The number of nitrogens with one attached hydrogen (secondary N) is 3. The van der Waals surface area contributed by atoms with E-state index in [2.05, 4.69) is 28.6 Å². The highest BCUT2D eigenvalue weighted by atomic mass is 32.1. The van der Waals surface area contributed by atoms with Crippen LogP contribution in [0.25, 0.3) is 0 Å². The molecule has 3 amide bonds. The maximum atomic E-state index is 12.8. The molecule has 1 rings (SSSR count). The molecule has 8 N–H and O–H groups in total. The Balaban J connectivity index is 3.08. The molecule has 0 spiro atoms. The third-order valence-corrected chi connectivity index (χ3v) is 5.20. The van der Waals surface area contributed by atoms with Gasteiger partial charge in [-0.2, -0.15) is 12.6 Å². The minimum atomic E-state index is -1.73. The second-order valence-corrected chi connectivity index (χ2v) is 8.31. The van der Waals surface area contributed by atoms with Crippen molar-refractivity contribution in [1.29, 1.82) is 0 Å². The lowest BCUT2D eigenvalue weighted by molar-refractivity contribution is -0.147. The van der Waals surface area contributed by atoms with Crippen LogP contribution in [0.2, 0.25) is 0 Å². The zero-order valence-electron chi connectivity index (χ0n) is 18.7. The molecule has 4 unspecified atom stereocenters. The van der Waals surface area contributed by atoms with Crippen molar-refractivity contribution in [3.8, 4) is 5.75 Å². The van der Waals surface area contributed by atoms with Crippen LogP contribution in [0.4, 0.5) is 0 Å². The number of benzene rings is 1. The number of hydrogen-bond donors (Lipinski definition) is 8. The van der Waals surface area contributed by atoms with Gasteiger partial charge < -0.3 is 37.0 Å². The average Bonchev–Trinajstić information content (AvgIpc) is 2.76. The second kappa shape index (κ2) is 13.4. The number of phenolic OH excluding ortho intramolecular Hbond substituents is 1. The van der Waals surface area contributed by atoms with Crippen LogP contribution in [-0.4, -0.2) is 74.9 Å². The Bertz CT molecular complexity index is 893. The molecule has 13 heteroatoms. The Hall–Kier alpha value is -3.32. The summed E-state index contributed by atoms with van der Waals surface area (Å²) in [5.74, 6) is -5.65. The van der Waals surface area contributed by atoms with Gasteiger partial charge in [0.25, 0.3) is 0 Å². The molecular weight excluding hydrogens is 468 g/mol. The van der Waals surface area contributed by atoms with E-state index >= 15 is 0 Å². The number of carbonyl (C=O) groups is 5. The maximum Gasteiger partial charge on any atom is 0.326 e. The minimum absolute atomic E-state index is 0.0273. The number of carboxylic acids is 2. The van der Waals surface area contributed by atoms with Crippen molar-refractivity contribution < 1.29 is 39.3 Å². The van der Waals surface area contributed by atoms with Crippen molar-refractivity contribution in [3.63, 3.8) is 0 Å². The Kier molecular flexibility index (Phi) is 11.3. The van der Waals surface area contributed by atoms with Crippen LogP contribution in [0, 0.1) is 5.92 Å². The van der Waals surface area contributed by atoms with Gasteiger partial charge in [-0.15, -0.1) is 0 Å². The SMILES string of the molecule is CC(C)C(N)C(=O)NC(CS)C(=O)NC(Cc1ccc(O)cc1)C(=O)NC(CC(=O)O)C(=O)O. The molecule has 188 valence electrons. The number of hydrogen-bond acceptors (Lipinski definition) is 8. The fraction of sp³-hybridized carbons (Fsp3) is 0.476. The van der Waals surface area contributed by atoms with Crippen molar-refractivity contribution >= 4 is 42.3 Å². The molecule has 34 heavy (non-hydrogen) atoms. The van der Waals surface area contributed by atoms with Crippen LogP contribution in [0.15, 0.2) is 24.3 Å². The molecule has 0 aliphatic heterocycles. The lowest BCUT2D eigenvalue weighted by atomic mass is 10.0. The summed E-state index contributed by atoms with van der Waals surface area (Å²) in [7, 11) is 0. The van der Waals surface area contributed by atoms with Crippen LogP contribution < -0.4 is 21.7 Å². The third kappa shape index (κ3) is 9.27. The number of carboxylic acid groups (broad SMARTS) is 2. The van der Waals surface area contributed by atoms with Gasteiger partial charge in [-0.1, -0.05) is 26.0 Å². The first-order valence-corrected chi connectivity index (χ1v) is 11.0. The fourth-order valence-electron chi connectivity index (χ4n) is 2.76. The summed E-state index contributed by atoms with van der Waals surface area (Å²) in [5.41, 5.74) is 6.30. The summed E-state index contributed by atoms with van der Waals surface area (Å²) in [5, 5.41) is 34.6. The fourth-order valence-corrected chi connectivity index (χ4v) is 3.02. The van der Waals surface area contributed by atoms with Gasteiger partial charge in [0.05, 0.1) is 12.5 Å². The molecule has 0 aliphatic rings. The highest BCUT2D eigenvalue weighted by molar-refractivity contribution is 7.80. The van der Waals surface area contributed by atoms with Gasteiger partial charge in [0.1, 0.15) is 23.9 Å². The first-order valence-electron chi connectivity index (χ1n) is 10.4. The number of carbonyl (C=O) groups excluding carboxylic acids is 3. The van der Waals surface area contributed by atoms with Crippen LogP contribution in [0.1, 0.15) is 25.8 Å². The van der Waals surface area contributed by atoms with E-state index in [-0.39, 0.29) is 23.8 Å². The highest BCUT2D eigenvalue weighted by Crippen LogP contribution is 2.12. The summed E-state index contributed by atoms with van der Waals surface area (Å²) in [6.07, 6.45) is -0.987. The first kappa shape index (κ1) is 28.7. The Labute approximate surface area is 201 Å². The average molecular weight is 499 g/mol. The van der Waals surface area contributed by atoms with Crippen LogP contribution in [0.5, 0.6) is 5.75 Å². The zero-order chi connectivity index (χ0) is 26.0. The standard InChI is InChI=1S/C21H30N4O8S/c1-10(2)17(22)20(31)25-15(9-34)19(30)23-13(7-11-3-5-12(26)6-4-11)18(29)24-14(21(32)33)8-16(27)28/h3-6,10,13-15,17,26,34H,7-9,22H2,1-2H3,(H,23,30)(H,24,29)(H,25,31)(H,27,28)(H,32,33). The molecule has 0 bridgehead atoms. The Morgan fingerprint density at radius 2 is 1.38 bits per heavy atom. The molecule has 4 atom stereocenters. The number of aromatic hydroxyl groups is 1. The summed E-state index contributed by atoms with van der Waals surface area (Å²) in [4.78, 5) is 60.2. The van der Waals surface area contributed by atoms with Crippen molar-refractivity contribution in [2.45, 2.75) is 50.9 Å². The second-order valence-electron chi connectivity index (χ2n) is 7.94. The normalized spacial score (nSPS) is 14.4. The summed E-state index contributed by atoms with van der Waals surface area (Å²) in [6.45, 7) is 3.46. The lowest BCUT2D eigenvalue weighted by Gasteiger charge is -2.25. The van der Waals surface area contributed by atoms with Crippen molar-refractivity contribution in [3.05, 3.63) is 29.8 Å². The van der Waals surface area contributed by atoms with Crippen molar-refractivity contribution in [2.24, 2.45) is 11.7 Å². The van der Waals surface area contributed by atoms with E-state index in [4.69, 9.17) is 10.8 Å². The maximum absolute atomic E-state index is 12.8. The predicted octanol–water partition coefficient (Wildman–Crippen LogP) is -1.14. The van der Waals surface area contributed by atoms with Gasteiger partial charge in [-0.3, -0.25) is 19.2 Å². The molecule has 0 saturated carbocycles. The number of amides is 3. The molecule has 1 aromatic rings. The topological polar surface area (TPSA) is 208 Å². The smallest absolute Gasteiger partial charge is 0.326 e. The Morgan fingerprint density at radius 1 is 0.882 bits per heavy atom. The van der Waals surface area contributed by atoms with E-state index in [9.17, 15) is 34.2 Å². The molecule has 0 radical (unpaired) electrons. The number of thiol groups is 1. The van der Waals surface area contributed by atoms with Gasteiger partial charge in [-0.25, -0.2) is 4.79 Å².